The van der Waals surface area contributed by atoms with Gasteiger partial charge in [0.05, 0.1) is 0 Å². The number of carboxylic acids is 1. The first kappa shape index (κ1) is 11.0. The molecule has 1 aromatic rings. The lowest BCUT2D eigenvalue weighted by Crippen LogP contribution is -2.33. The number of hydrogen-bond acceptors (Lipinski definition) is 3. The van der Waals surface area contributed by atoms with Crippen molar-refractivity contribution in [1.82, 2.24) is 5.06 Å². The van der Waals surface area contributed by atoms with E-state index in [1.54, 1.807) is 24.3 Å². The minimum absolute atomic E-state index is 0.216. The van der Waals surface area contributed by atoms with Crippen LogP contribution in [0.2, 0.25) is 0 Å². The van der Waals surface area contributed by atoms with Crippen molar-refractivity contribution in [2.75, 3.05) is 13.1 Å². The van der Waals surface area contributed by atoms with Crippen molar-refractivity contribution in [3.8, 4) is 5.75 Å². The molecule has 1 N–H and O–H groups in total. The van der Waals surface area contributed by atoms with Gasteiger partial charge in [-0.25, -0.2) is 4.79 Å². The third-order valence-electron chi connectivity index (χ3n) is 2.66. The molecule has 2 rings (SSSR count). The highest BCUT2D eigenvalue weighted by Gasteiger charge is 2.16. The first-order chi connectivity index (χ1) is 7.77. The van der Waals surface area contributed by atoms with Gasteiger partial charge in [0.1, 0.15) is 5.56 Å². The van der Waals surface area contributed by atoms with Crippen LogP contribution in [0.4, 0.5) is 0 Å². The predicted molar refractivity (Wildman–Crippen MR) is 59.5 cm³/mol. The van der Waals surface area contributed by atoms with Crippen LogP contribution in [0.3, 0.4) is 0 Å². The Labute approximate surface area is 94.4 Å². The monoisotopic (exact) mass is 221 g/mol. The van der Waals surface area contributed by atoms with E-state index >= 15 is 0 Å². The van der Waals surface area contributed by atoms with Gasteiger partial charge >= 0.3 is 5.97 Å². The topological polar surface area (TPSA) is 49.8 Å². The maximum atomic E-state index is 11.0. The van der Waals surface area contributed by atoms with Crippen LogP contribution in [0, 0.1) is 0 Å². The molecule has 1 aliphatic heterocycles. The van der Waals surface area contributed by atoms with E-state index in [0.717, 1.165) is 25.9 Å². The molecule has 0 atom stereocenters. The van der Waals surface area contributed by atoms with Gasteiger partial charge in [-0.1, -0.05) is 18.6 Å². The molecule has 0 saturated carbocycles. The summed E-state index contributed by atoms with van der Waals surface area (Å²) in [6.07, 6.45) is 3.44. The van der Waals surface area contributed by atoms with Crippen LogP contribution in [0.15, 0.2) is 24.3 Å². The highest BCUT2D eigenvalue weighted by atomic mass is 16.7. The first-order valence-corrected chi connectivity index (χ1v) is 5.52. The van der Waals surface area contributed by atoms with E-state index in [0.29, 0.717) is 5.75 Å². The van der Waals surface area contributed by atoms with Crippen LogP contribution in [0.1, 0.15) is 29.6 Å². The van der Waals surface area contributed by atoms with Gasteiger partial charge in [-0.05, 0) is 25.0 Å². The number of nitrogens with zero attached hydrogens (tertiary/aromatic N) is 1. The fraction of sp³-hybridized carbons (Fsp3) is 0.417. The van der Waals surface area contributed by atoms with Gasteiger partial charge < -0.3 is 9.94 Å². The summed E-state index contributed by atoms with van der Waals surface area (Å²) in [6.45, 7) is 1.74. The number of hydrogen-bond donors (Lipinski definition) is 1. The fourth-order valence-corrected chi connectivity index (χ4v) is 1.82. The Bertz CT molecular complexity index is 372. The van der Waals surface area contributed by atoms with Gasteiger partial charge in [-0.15, -0.1) is 5.06 Å². The number of para-hydroxylation sites is 1. The molecule has 0 bridgehead atoms. The summed E-state index contributed by atoms with van der Waals surface area (Å²) >= 11 is 0. The lowest BCUT2D eigenvalue weighted by Gasteiger charge is -2.26. The summed E-state index contributed by atoms with van der Waals surface area (Å²) in [6, 6.07) is 6.73. The summed E-state index contributed by atoms with van der Waals surface area (Å²) < 4.78 is 0. The van der Waals surface area contributed by atoms with Crippen molar-refractivity contribution in [2.45, 2.75) is 19.3 Å². The van der Waals surface area contributed by atoms with Crippen LogP contribution in [0.25, 0.3) is 0 Å². The Morgan fingerprint density at radius 1 is 1.19 bits per heavy atom. The minimum Gasteiger partial charge on any atom is -0.478 e. The van der Waals surface area contributed by atoms with Crippen LogP contribution < -0.4 is 4.84 Å². The van der Waals surface area contributed by atoms with Crippen LogP contribution in [0.5, 0.6) is 5.75 Å². The lowest BCUT2D eigenvalue weighted by atomic mass is 10.2. The Kier molecular flexibility index (Phi) is 3.41. The Balaban J connectivity index is 2.10. The third kappa shape index (κ3) is 2.52. The number of piperidine rings is 1. The molecule has 1 aliphatic rings. The van der Waals surface area contributed by atoms with Crippen molar-refractivity contribution < 1.29 is 14.7 Å². The molecule has 1 saturated heterocycles. The second-order valence-electron chi connectivity index (χ2n) is 3.88. The summed E-state index contributed by atoms with van der Waals surface area (Å²) in [5, 5.41) is 10.8. The van der Waals surface area contributed by atoms with E-state index in [4.69, 9.17) is 9.94 Å². The second-order valence-corrected chi connectivity index (χ2v) is 3.88. The zero-order valence-electron chi connectivity index (χ0n) is 9.06. The Hall–Kier alpha value is -1.55. The zero-order valence-corrected chi connectivity index (χ0v) is 9.06. The number of aromatic carboxylic acids is 1. The van der Waals surface area contributed by atoms with Gasteiger partial charge in [0.25, 0.3) is 0 Å². The molecule has 86 valence electrons. The number of hydroxylamine groups is 2. The van der Waals surface area contributed by atoms with E-state index in [9.17, 15) is 4.79 Å². The quantitative estimate of drug-likeness (QED) is 0.849. The van der Waals surface area contributed by atoms with Gasteiger partial charge in [-0.3, -0.25) is 0 Å². The highest BCUT2D eigenvalue weighted by Crippen LogP contribution is 2.20. The van der Waals surface area contributed by atoms with Gasteiger partial charge in [0, 0.05) is 13.1 Å². The van der Waals surface area contributed by atoms with Crippen LogP contribution in [-0.2, 0) is 0 Å². The van der Waals surface area contributed by atoms with Crippen LogP contribution >= 0.6 is 0 Å². The van der Waals surface area contributed by atoms with E-state index in [1.165, 1.54) is 6.42 Å². The van der Waals surface area contributed by atoms with Gasteiger partial charge in [0.15, 0.2) is 5.75 Å². The molecular formula is C12H15NO3. The molecule has 0 aromatic heterocycles. The van der Waals surface area contributed by atoms with E-state index in [-0.39, 0.29) is 5.56 Å². The standard InChI is InChI=1S/C12H15NO3/c14-12(15)10-6-2-3-7-11(10)16-13-8-4-1-5-9-13/h2-3,6-7H,1,4-5,8-9H2,(H,14,15). The summed E-state index contributed by atoms with van der Waals surface area (Å²) in [5.74, 6) is -0.524. The molecular weight excluding hydrogens is 206 g/mol. The van der Waals surface area contributed by atoms with E-state index in [1.807, 2.05) is 5.06 Å². The molecule has 4 heteroatoms. The molecule has 0 radical (unpaired) electrons. The van der Waals surface area contributed by atoms with Gasteiger partial charge in [-0.2, -0.15) is 0 Å². The largest absolute Gasteiger partial charge is 0.478 e. The Morgan fingerprint density at radius 2 is 1.88 bits per heavy atom. The number of rotatable bonds is 3. The highest BCUT2D eigenvalue weighted by molar-refractivity contribution is 5.90. The Morgan fingerprint density at radius 3 is 2.56 bits per heavy atom. The van der Waals surface area contributed by atoms with Crippen molar-refractivity contribution in [2.24, 2.45) is 0 Å². The van der Waals surface area contributed by atoms with Crippen molar-refractivity contribution in [1.29, 1.82) is 0 Å². The van der Waals surface area contributed by atoms with E-state index in [2.05, 4.69) is 0 Å². The third-order valence-corrected chi connectivity index (χ3v) is 2.66. The van der Waals surface area contributed by atoms with Crippen molar-refractivity contribution >= 4 is 5.97 Å². The second kappa shape index (κ2) is 4.99. The minimum atomic E-state index is -0.951. The smallest absolute Gasteiger partial charge is 0.339 e. The summed E-state index contributed by atoms with van der Waals surface area (Å²) in [5.41, 5.74) is 0.216. The lowest BCUT2D eigenvalue weighted by molar-refractivity contribution is -0.0726. The molecule has 0 aliphatic carbocycles. The average Bonchev–Trinajstić information content (AvgIpc) is 2.31. The number of carboxylic acid groups (broad SMARTS) is 1. The molecule has 1 aromatic carbocycles. The normalized spacial score (nSPS) is 17.0. The van der Waals surface area contributed by atoms with E-state index < -0.39 is 5.97 Å². The fourth-order valence-electron chi connectivity index (χ4n) is 1.82. The van der Waals surface area contributed by atoms with Crippen molar-refractivity contribution in [3.05, 3.63) is 29.8 Å². The maximum absolute atomic E-state index is 11.0. The molecule has 1 fully saturated rings. The predicted octanol–water partition coefficient (Wildman–Crippen LogP) is 2.16. The number of benzene rings is 1. The average molecular weight is 221 g/mol. The molecule has 0 unspecified atom stereocenters. The molecule has 1 heterocycles. The molecule has 4 nitrogen and oxygen atoms in total. The SMILES string of the molecule is O=C(O)c1ccccc1ON1CCCCC1. The van der Waals surface area contributed by atoms with Gasteiger partial charge in [0.2, 0.25) is 0 Å². The molecule has 0 spiro atoms. The first-order valence-electron chi connectivity index (χ1n) is 5.52. The number of carbonyl (C=O) groups is 1. The summed E-state index contributed by atoms with van der Waals surface area (Å²) in [7, 11) is 0. The zero-order chi connectivity index (χ0) is 11.4. The van der Waals surface area contributed by atoms with Crippen molar-refractivity contribution in [3.63, 3.8) is 0 Å². The molecule has 16 heavy (non-hydrogen) atoms. The maximum Gasteiger partial charge on any atom is 0.339 e. The van der Waals surface area contributed by atoms with Crippen LogP contribution in [-0.4, -0.2) is 29.2 Å². The summed E-state index contributed by atoms with van der Waals surface area (Å²) in [4.78, 5) is 16.6. The molecule has 0 amide bonds.